The fourth-order valence-electron chi connectivity index (χ4n) is 1.34. The molecule has 0 aromatic heterocycles. The number of ether oxygens (including phenoxy) is 1. The van der Waals surface area contributed by atoms with Crippen molar-refractivity contribution in [3.05, 3.63) is 0 Å². The number of aliphatic hydroxyl groups excluding tert-OH is 1. The summed E-state index contributed by atoms with van der Waals surface area (Å²) in [6.07, 6.45) is 0.123. The van der Waals surface area contributed by atoms with Crippen molar-refractivity contribution in [3.63, 3.8) is 0 Å². The molecule has 0 radical (unpaired) electrons. The Balaban J connectivity index is 2.41. The lowest BCUT2D eigenvalue weighted by molar-refractivity contribution is -0.0373. The summed E-state index contributed by atoms with van der Waals surface area (Å²) in [5, 5.41) is 19.6. The van der Waals surface area contributed by atoms with Crippen LogP contribution >= 0.6 is 0 Å². The van der Waals surface area contributed by atoms with Gasteiger partial charge < -0.3 is 20.3 Å². The van der Waals surface area contributed by atoms with Gasteiger partial charge in [-0.1, -0.05) is 0 Å². The second-order valence-electron chi connectivity index (χ2n) is 2.79. The molecule has 2 atom stereocenters. The maximum absolute atomic E-state index is 10.3. The van der Waals surface area contributed by atoms with Gasteiger partial charge in [0.2, 0.25) is 0 Å². The molecule has 70 valence electrons. The monoisotopic (exact) mass is 175 g/mol. The van der Waals surface area contributed by atoms with Crippen LogP contribution in [0.25, 0.3) is 0 Å². The van der Waals surface area contributed by atoms with Crippen LogP contribution in [0.1, 0.15) is 12.8 Å². The number of nitrogens with one attached hydrogen (secondary N) is 1. The molecule has 2 unspecified atom stereocenters. The van der Waals surface area contributed by atoms with E-state index in [4.69, 9.17) is 14.9 Å². The van der Waals surface area contributed by atoms with E-state index < -0.39 is 6.09 Å². The molecule has 0 spiro atoms. The van der Waals surface area contributed by atoms with E-state index in [-0.39, 0.29) is 18.8 Å². The van der Waals surface area contributed by atoms with Crippen LogP contribution in [-0.4, -0.2) is 41.7 Å². The first-order valence-corrected chi connectivity index (χ1v) is 3.96. The van der Waals surface area contributed by atoms with Crippen molar-refractivity contribution in [3.8, 4) is 0 Å². The fraction of sp³-hybridized carbons (Fsp3) is 0.857. The lowest BCUT2D eigenvalue weighted by Gasteiger charge is -2.29. The third-order valence-electron chi connectivity index (χ3n) is 1.93. The topological polar surface area (TPSA) is 78.8 Å². The van der Waals surface area contributed by atoms with E-state index in [2.05, 4.69) is 5.32 Å². The molecule has 0 aromatic rings. The maximum Gasteiger partial charge on any atom is 0.404 e. The summed E-state index contributed by atoms with van der Waals surface area (Å²) >= 11 is 0. The summed E-state index contributed by atoms with van der Waals surface area (Å²) in [6.45, 7) is 0.466. The number of hydrogen-bond acceptors (Lipinski definition) is 3. The third kappa shape index (κ3) is 2.35. The first-order chi connectivity index (χ1) is 5.74. The van der Waals surface area contributed by atoms with Crippen molar-refractivity contribution in [2.75, 3.05) is 13.2 Å². The second kappa shape index (κ2) is 4.27. The van der Waals surface area contributed by atoms with Crippen molar-refractivity contribution in [1.29, 1.82) is 0 Å². The van der Waals surface area contributed by atoms with Crippen LogP contribution in [0.5, 0.6) is 0 Å². The Morgan fingerprint density at radius 2 is 2.42 bits per heavy atom. The molecule has 1 aliphatic rings. The maximum atomic E-state index is 10.3. The molecule has 0 aliphatic carbocycles. The summed E-state index contributed by atoms with van der Waals surface area (Å²) in [6, 6.07) is -0.263. The van der Waals surface area contributed by atoms with Gasteiger partial charge in [-0.25, -0.2) is 4.79 Å². The number of hydrogen-bond donors (Lipinski definition) is 3. The summed E-state index contributed by atoms with van der Waals surface area (Å²) in [5.41, 5.74) is 0. The van der Waals surface area contributed by atoms with Crippen LogP contribution in [0, 0.1) is 0 Å². The lowest BCUT2D eigenvalue weighted by atomic mass is 10.0. The van der Waals surface area contributed by atoms with E-state index >= 15 is 0 Å². The largest absolute Gasteiger partial charge is 0.465 e. The van der Waals surface area contributed by atoms with Gasteiger partial charge in [0.1, 0.15) is 6.10 Å². The van der Waals surface area contributed by atoms with Crippen LogP contribution in [0.3, 0.4) is 0 Å². The third-order valence-corrected chi connectivity index (χ3v) is 1.93. The van der Waals surface area contributed by atoms with E-state index in [1.54, 1.807) is 0 Å². The molecule has 1 saturated heterocycles. The van der Waals surface area contributed by atoms with Crippen molar-refractivity contribution in [2.24, 2.45) is 0 Å². The SMILES string of the molecule is O=C(O)NC1CCCOC1CO. The Labute approximate surface area is 70.3 Å². The van der Waals surface area contributed by atoms with Crippen LogP contribution in [0.4, 0.5) is 4.79 Å². The minimum atomic E-state index is -1.07. The van der Waals surface area contributed by atoms with Gasteiger partial charge in [0.25, 0.3) is 0 Å². The highest BCUT2D eigenvalue weighted by Gasteiger charge is 2.26. The number of carboxylic acid groups (broad SMARTS) is 1. The van der Waals surface area contributed by atoms with Crippen molar-refractivity contribution < 1.29 is 19.7 Å². The average molecular weight is 175 g/mol. The van der Waals surface area contributed by atoms with Crippen molar-refractivity contribution >= 4 is 6.09 Å². The smallest absolute Gasteiger partial charge is 0.404 e. The van der Waals surface area contributed by atoms with Gasteiger partial charge in [-0.05, 0) is 12.8 Å². The Hall–Kier alpha value is -0.810. The highest BCUT2D eigenvalue weighted by Crippen LogP contribution is 2.13. The van der Waals surface area contributed by atoms with Gasteiger partial charge in [-0.15, -0.1) is 0 Å². The van der Waals surface area contributed by atoms with Gasteiger partial charge in [0, 0.05) is 6.61 Å². The molecule has 0 bridgehead atoms. The predicted octanol–water partition coefficient (Wildman–Crippen LogP) is -0.206. The molecular formula is C7H13NO4. The van der Waals surface area contributed by atoms with E-state index in [1.165, 1.54) is 0 Å². The van der Waals surface area contributed by atoms with E-state index in [0.717, 1.165) is 12.8 Å². The molecule has 1 amide bonds. The molecule has 0 saturated carbocycles. The fourth-order valence-corrected chi connectivity index (χ4v) is 1.34. The van der Waals surface area contributed by atoms with Crippen molar-refractivity contribution in [2.45, 2.75) is 25.0 Å². The number of aliphatic hydroxyl groups is 1. The molecule has 5 heteroatoms. The molecule has 1 fully saturated rings. The van der Waals surface area contributed by atoms with Gasteiger partial charge in [-0.2, -0.15) is 0 Å². The molecule has 5 nitrogen and oxygen atoms in total. The Kier molecular flexibility index (Phi) is 3.31. The summed E-state index contributed by atoms with van der Waals surface area (Å²) in [7, 11) is 0. The number of amides is 1. The normalized spacial score (nSPS) is 29.8. The first kappa shape index (κ1) is 9.28. The average Bonchev–Trinajstić information content (AvgIpc) is 2.04. The van der Waals surface area contributed by atoms with Gasteiger partial charge >= 0.3 is 6.09 Å². The minimum Gasteiger partial charge on any atom is -0.465 e. The van der Waals surface area contributed by atoms with Crippen molar-refractivity contribution in [1.82, 2.24) is 5.32 Å². The zero-order valence-electron chi connectivity index (χ0n) is 6.69. The molecule has 0 aromatic carbocycles. The summed E-state index contributed by atoms with van der Waals surface area (Å²) in [4.78, 5) is 10.3. The number of carbonyl (C=O) groups is 1. The van der Waals surface area contributed by atoms with Crippen LogP contribution in [0.15, 0.2) is 0 Å². The summed E-state index contributed by atoms with van der Waals surface area (Å²) < 4.78 is 5.16. The Bertz CT molecular complexity index is 161. The zero-order chi connectivity index (χ0) is 8.97. The summed E-state index contributed by atoms with van der Waals surface area (Å²) in [5.74, 6) is 0. The van der Waals surface area contributed by atoms with E-state index in [0.29, 0.717) is 6.61 Å². The molecule has 1 aliphatic heterocycles. The Morgan fingerprint density at radius 1 is 1.67 bits per heavy atom. The molecule has 1 heterocycles. The van der Waals surface area contributed by atoms with Crippen LogP contribution in [-0.2, 0) is 4.74 Å². The lowest BCUT2D eigenvalue weighted by Crippen LogP contribution is -2.48. The molecule has 1 rings (SSSR count). The predicted molar refractivity (Wildman–Crippen MR) is 41.0 cm³/mol. The van der Waals surface area contributed by atoms with E-state index in [9.17, 15) is 4.79 Å². The van der Waals surface area contributed by atoms with E-state index in [1.807, 2.05) is 0 Å². The van der Waals surface area contributed by atoms with Crippen LogP contribution < -0.4 is 5.32 Å². The zero-order valence-corrected chi connectivity index (χ0v) is 6.69. The first-order valence-electron chi connectivity index (χ1n) is 3.96. The number of rotatable bonds is 2. The molecular weight excluding hydrogens is 162 g/mol. The van der Waals surface area contributed by atoms with Gasteiger partial charge in [-0.3, -0.25) is 0 Å². The molecule has 3 N–H and O–H groups in total. The second-order valence-corrected chi connectivity index (χ2v) is 2.79. The highest BCUT2D eigenvalue weighted by atomic mass is 16.5. The minimum absolute atomic E-state index is 0.134. The highest BCUT2D eigenvalue weighted by molar-refractivity contribution is 5.64. The standard InChI is InChI=1S/C7H13NO4/c9-4-6-5(8-7(10)11)2-1-3-12-6/h5-6,8-9H,1-4H2,(H,10,11). The van der Waals surface area contributed by atoms with Gasteiger partial charge in [0.15, 0.2) is 0 Å². The quantitative estimate of drug-likeness (QED) is 0.542. The van der Waals surface area contributed by atoms with Gasteiger partial charge in [0.05, 0.1) is 12.6 Å². The van der Waals surface area contributed by atoms with Crippen LogP contribution in [0.2, 0.25) is 0 Å². The molecule has 12 heavy (non-hydrogen) atoms. The Morgan fingerprint density at radius 3 is 3.00 bits per heavy atom.